The Balaban J connectivity index is 1.61. The number of aromatic nitrogens is 2. The molecule has 0 aliphatic rings. The van der Waals surface area contributed by atoms with E-state index in [1.807, 2.05) is 25.1 Å². The lowest BCUT2D eigenvalue weighted by Crippen LogP contribution is -2.15. The fraction of sp³-hybridized carbons (Fsp3) is 0.143. The van der Waals surface area contributed by atoms with Crippen LogP contribution in [0.15, 0.2) is 74.7 Å². The van der Waals surface area contributed by atoms with Crippen molar-refractivity contribution in [3.05, 3.63) is 83.4 Å². The summed E-state index contributed by atoms with van der Waals surface area (Å²) in [4.78, 5) is 4.58. The van der Waals surface area contributed by atoms with Crippen LogP contribution in [0.2, 0.25) is 0 Å². The number of hydrogen-bond donors (Lipinski definition) is 1. The monoisotopic (exact) mass is 409 g/mol. The van der Waals surface area contributed by atoms with E-state index in [4.69, 9.17) is 8.94 Å². The molecule has 0 aliphatic carbocycles. The van der Waals surface area contributed by atoms with Crippen LogP contribution in [-0.2, 0) is 16.4 Å². The number of furan rings is 1. The Kier molecular flexibility index (Phi) is 4.94. The van der Waals surface area contributed by atoms with Crippen LogP contribution in [0.5, 0.6) is 0 Å². The van der Waals surface area contributed by atoms with E-state index in [2.05, 4.69) is 14.9 Å². The van der Waals surface area contributed by atoms with E-state index in [-0.39, 0.29) is 11.3 Å². The fourth-order valence-corrected chi connectivity index (χ4v) is 4.40. The molecule has 0 bridgehead atoms. The van der Waals surface area contributed by atoms with E-state index in [1.165, 1.54) is 6.26 Å². The molecular weight excluding hydrogens is 390 g/mol. The van der Waals surface area contributed by atoms with Gasteiger partial charge in [-0.1, -0.05) is 35.5 Å². The van der Waals surface area contributed by atoms with Gasteiger partial charge in [-0.25, -0.2) is 8.42 Å². The van der Waals surface area contributed by atoms with Crippen LogP contribution in [0.25, 0.3) is 11.6 Å². The van der Waals surface area contributed by atoms with Gasteiger partial charge in [-0.05, 0) is 54.8 Å². The van der Waals surface area contributed by atoms with E-state index in [0.29, 0.717) is 28.7 Å². The molecule has 0 aliphatic heterocycles. The molecule has 0 fully saturated rings. The van der Waals surface area contributed by atoms with Gasteiger partial charge in [0.25, 0.3) is 10.0 Å². The normalized spacial score (nSPS) is 11.5. The standard InChI is InChI=1S/C21H19N3O4S/c1-14-9-10-15(2)19(12-14)29(25,26)24-17-7-4-3-6-16(17)13-20-22-21(23-28-20)18-8-5-11-27-18/h3-12,24H,13H2,1-2H3. The van der Waals surface area contributed by atoms with Crippen molar-refractivity contribution in [3.8, 4) is 11.6 Å². The minimum absolute atomic E-state index is 0.255. The van der Waals surface area contributed by atoms with E-state index in [9.17, 15) is 8.42 Å². The van der Waals surface area contributed by atoms with Gasteiger partial charge in [0.05, 0.1) is 23.3 Å². The first kappa shape index (κ1) is 18.9. The van der Waals surface area contributed by atoms with Crippen LogP contribution in [0.3, 0.4) is 0 Å². The fourth-order valence-electron chi connectivity index (χ4n) is 2.97. The molecule has 1 N–H and O–H groups in total. The molecule has 4 rings (SSSR count). The lowest BCUT2D eigenvalue weighted by molar-refractivity contribution is 0.384. The average Bonchev–Trinajstić information content (AvgIpc) is 3.37. The van der Waals surface area contributed by atoms with Crippen molar-refractivity contribution in [2.24, 2.45) is 0 Å². The molecule has 8 heteroatoms. The van der Waals surface area contributed by atoms with Crippen molar-refractivity contribution in [2.45, 2.75) is 25.2 Å². The number of sulfonamides is 1. The lowest BCUT2D eigenvalue weighted by Gasteiger charge is -2.13. The molecule has 2 heterocycles. The molecule has 2 aromatic heterocycles. The van der Waals surface area contributed by atoms with Crippen molar-refractivity contribution >= 4 is 15.7 Å². The molecule has 0 radical (unpaired) electrons. The zero-order valence-electron chi connectivity index (χ0n) is 15.9. The topological polar surface area (TPSA) is 98.2 Å². The summed E-state index contributed by atoms with van der Waals surface area (Å²) in [5, 5.41) is 3.91. The molecule has 2 aromatic carbocycles. The first-order chi connectivity index (χ1) is 13.9. The maximum atomic E-state index is 13.0. The second-order valence-corrected chi connectivity index (χ2v) is 8.35. The van der Waals surface area contributed by atoms with Crippen molar-refractivity contribution in [2.75, 3.05) is 4.72 Å². The summed E-state index contributed by atoms with van der Waals surface area (Å²) >= 11 is 0. The van der Waals surface area contributed by atoms with Crippen molar-refractivity contribution in [1.82, 2.24) is 10.1 Å². The van der Waals surface area contributed by atoms with Crippen LogP contribution in [-0.4, -0.2) is 18.6 Å². The first-order valence-corrected chi connectivity index (χ1v) is 10.4. The number of para-hydroxylation sites is 1. The average molecular weight is 409 g/mol. The van der Waals surface area contributed by atoms with Crippen molar-refractivity contribution < 1.29 is 17.4 Å². The quantitative estimate of drug-likeness (QED) is 0.509. The van der Waals surface area contributed by atoms with Gasteiger partial charge in [0.15, 0.2) is 5.76 Å². The second-order valence-electron chi connectivity index (χ2n) is 6.70. The Morgan fingerprint density at radius 1 is 1.03 bits per heavy atom. The molecule has 7 nitrogen and oxygen atoms in total. The minimum atomic E-state index is -3.74. The molecule has 0 saturated heterocycles. The van der Waals surface area contributed by atoms with Gasteiger partial charge in [0.1, 0.15) is 0 Å². The van der Waals surface area contributed by atoms with Gasteiger partial charge < -0.3 is 8.94 Å². The Morgan fingerprint density at radius 3 is 2.66 bits per heavy atom. The second kappa shape index (κ2) is 7.56. The predicted molar refractivity (Wildman–Crippen MR) is 108 cm³/mol. The maximum absolute atomic E-state index is 13.0. The number of nitrogens with zero attached hydrogens (tertiary/aromatic N) is 2. The highest BCUT2D eigenvalue weighted by Crippen LogP contribution is 2.25. The molecule has 0 saturated carbocycles. The predicted octanol–water partition coefficient (Wildman–Crippen LogP) is 4.34. The van der Waals surface area contributed by atoms with Gasteiger partial charge in [-0.2, -0.15) is 4.98 Å². The molecule has 29 heavy (non-hydrogen) atoms. The molecule has 148 valence electrons. The maximum Gasteiger partial charge on any atom is 0.262 e. The number of nitrogens with one attached hydrogen (secondary N) is 1. The highest BCUT2D eigenvalue weighted by Gasteiger charge is 2.20. The Hall–Kier alpha value is -3.39. The summed E-state index contributed by atoms with van der Waals surface area (Å²) in [6, 6.07) is 15.9. The minimum Gasteiger partial charge on any atom is -0.461 e. The van der Waals surface area contributed by atoms with E-state index >= 15 is 0 Å². The molecule has 0 amide bonds. The van der Waals surface area contributed by atoms with Crippen LogP contribution >= 0.6 is 0 Å². The summed E-state index contributed by atoms with van der Waals surface area (Å²) in [5.41, 5.74) is 2.74. The Morgan fingerprint density at radius 2 is 1.86 bits per heavy atom. The number of benzene rings is 2. The molecular formula is C21H19N3O4S. The zero-order valence-corrected chi connectivity index (χ0v) is 16.7. The summed E-state index contributed by atoms with van der Waals surface area (Å²) in [6.45, 7) is 3.63. The number of aryl methyl sites for hydroxylation is 2. The molecule has 0 unspecified atom stereocenters. The molecule has 0 spiro atoms. The highest BCUT2D eigenvalue weighted by molar-refractivity contribution is 7.92. The van der Waals surface area contributed by atoms with Gasteiger partial charge in [0.2, 0.25) is 11.7 Å². The summed E-state index contributed by atoms with van der Waals surface area (Å²) < 4.78 is 39.2. The Bertz CT molecular complexity index is 1240. The summed E-state index contributed by atoms with van der Waals surface area (Å²) in [7, 11) is -3.74. The van der Waals surface area contributed by atoms with E-state index < -0.39 is 10.0 Å². The SMILES string of the molecule is Cc1ccc(C)c(S(=O)(=O)Nc2ccccc2Cc2nc(-c3ccco3)no2)c1. The summed E-state index contributed by atoms with van der Waals surface area (Å²) in [6.07, 6.45) is 1.81. The van der Waals surface area contributed by atoms with Crippen LogP contribution in [0.1, 0.15) is 22.6 Å². The number of anilines is 1. The third kappa shape index (κ3) is 4.07. The van der Waals surface area contributed by atoms with Gasteiger partial charge in [-0.3, -0.25) is 4.72 Å². The van der Waals surface area contributed by atoms with Gasteiger partial charge in [-0.15, -0.1) is 0 Å². The third-order valence-corrected chi connectivity index (χ3v) is 5.95. The van der Waals surface area contributed by atoms with Crippen LogP contribution < -0.4 is 4.72 Å². The highest BCUT2D eigenvalue weighted by atomic mass is 32.2. The smallest absolute Gasteiger partial charge is 0.262 e. The first-order valence-electron chi connectivity index (χ1n) is 8.97. The van der Waals surface area contributed by atoms with Gasteiger partial charge in [0, 0.05) is 0 Å². The molecule has 0 atom stereocenters. The van der Waals surface area contributed by atoms with Crippen LogP contribution in [0, 0.1) is 13.8 Å². The number of hydrogen-bond acceptors (Lipinski definition) is 6. The zero-order chi connectivity index (χ0) is 20.4. The van der Waals surface area contributed by atoms with Crippen molar-refractivity contribution in [3.63, 3.8) is 0 Å². The third-order valence-electron chi connectivity index (χ3n) is 4.45. The van der Waals surface area contributed by atoms with Crippen LogP contribution in [0.4, 0.5) is 5.69 Å². The lowest BCUT2D eigenvalue weighted by atomic mass is 10.1. The Labute approximate surface area is 168 Å². The van der Waals surface area contributed by atoms with E-state index in [1.54, 1.807) is 43.3 Å². The van der Waals surface area contributed by atoms with Gasteiger partial charge >= 0.3 is 0 Å². The summed E-state index contributed by atoms with van der Waals surface area (Å²) in [5.74, 6) is 1.21. The number of rotatable bonds is 6. The van der Waals surface area contributed by atoms with E-state index in [0.717, 1.165) is 11.1 Å². The molecule has 4 aromatic rings. The largest absolute Gasteiger partial charge is 0.461 e. The van der Waals surface area contributed by atoms with Crippen molar-refractivity contribution in [1.29, 1.82) is 0 Å².